The molecule has 0 saturated heterocycles. The predicted octanol–water partition coefficient (Wildman–Crippen LogP) is 8.22. The number of hydrogen-bond donors (Lipinski definition) is 2. The van der Waals surface area contributed by atoms with Crippen LogP contribution >= 0.6 is 0 Å². The molecule has 0 unspecified atom stereocenters. The Bertz CT molecular complexity index is 2100. The van der Waals surface area contributed by atoms with E-state index in [2.05, 4.69) is 42.5 Å². The molecule has 2 aliphatic rings. The van der Waals surface area contributed by atoms with E-state index in [0.29, 0.717) is 39.7 Å². The summed E-state index contributed by atoms with van der Waals surface area (Å²) < 4.78 is 16.8. The van der Waals surface area contributed by atoms with Crippen LogP contribution < -0.4 is 9.47 Å². The quantitative estimate of drug-likeness (QED) is 0.180. The van der Waals surface area contributed by atoms with Crippen LogP contribution in [0.3, 0.4) is 0 Å². The number of methoxy groups -OCH3 is 2. The topological polar surface area (TPSA) is 116 Å². The minimum Gasteiger partial charge on any atom is -0.504 e. The number of phenols is 2. The summed E-state index contributed by atoms with van der Waals surface area (Å²) in [6.07, 6.45) is 10.6. The zero-order chi connectivity index (χ0) is 32.2. The van der Waals surface area contributed by atoms with Crippen molar-refractivity contribution in [2.75, 3.05) is 14.2 Å². The van der Waals surface area contributed by atoms with Gasteiger partial charge in [-0.15, -0.1) is 0 Å². The van der Waals surface area contributed by atoms with E-state index in [1.165, 1.54) is 36.5 Å². The molecule has 4 aromatic rings. The van der Waals surface area contributed by atoms with E-state index in [0.717, 1.165) is 17.5 Å². The van der Waals surface area contributed by atoms with Gasteiger partial charge in [-0.1, -0.05) is 54.6 Å². The Balaban J connectivity index is 1.33. The molecule has 0 atom stereocenters. The van der Waals surface area contributed by atoms with E-state index < -0.39 is 0 Å². The number of nitriles is 2. The number of aromatic hydroxyl groups is 2. The van der Waals surface area contributed by atoms with Crippen LogP contribution in [0.25, 0.3) is 34.4 Å². The van der Waals surface area contributed by atoms with E-state index in [-0.39, 0.29) is 17.1 Å². The molecular formula is C39H28N2O5. The highest BCUT2D eigenvalue weighted by atomic mass is 16.5. The van der Waals surface area contributed by atoms with Gasteiger partial charge < -0.3 is 24.4 Å². The van der Waals surface area contributed by atoms with Gasteiger partial charge in [0.25, 0.3) is 0 Å². The zero-order valence-corrected chi connectivity index (χ0v) is 25.1. The molecule has 2 N–H and O–H groups in total. The Morgan fingerprint density at radius 1 is 0.696 bits per heavy atom. The van der Waals surface area contributed by atoms with Crippen molar-refractivity contribution >= 4 is 12.2 Å². The fourth-order valence-corrected chi connectivity index (χ4v) is 5.59. The number of rotatable bonds is 7. The molecular weight excluding hydrogens is 576 g/mol. The summed E-state index contributed by atoms with van der Waals surface area (Å²) in [6, 6.07) is 27.4. The number of allylic oxidation sites excluding steroid dienone is 6. The third kappa shape index (κ3) is 5.74. The minimum atomic E-state index is -0.0883. The van der Waals surface area contributed by atoms with Gasteiger partial charge in [-0.3, -0.25) is 0 Å². The van der Waals surface area contributed by atoms with Crippen molar-refractivity contribution in [3.63, 3.8) is 0 Å². The van der Waals surface area contributed by atoms with Crippen LogP contribution in [0, 0.1) is 22.7 Å². The summed E-state index contributed by atoms with van der Waals surface area (Å²) in [4.78, 5) is 0. The smallest absolute Gasteiger partial charge is 0.165 e. The molecule has 224 valence electrons. The highest BCUT2D eigenvalue weighted by molar-refractivity contribution is 5.82. The Morgan fingerprint density at radius 3 is 2.09 bits per heavy atom. The highest BCUT2D eigenvalue weighted by Gasteiger charge is 2.19. The van der Waals surface area contributed by atoms with E-state index in [9.17, 15) is 20.7 Å². The second kappa shape index (κ2) is 12.7. The summed E-state index contributed by atoms with van der Waals surface area (Å²) >= 11 is 0. The first-order valence-electron chi connectivity index (χ1n) is 14.4. The molecule has 0 amide bonds. The van der Waals surface area contributed by atoms with E-state index >= 15 is 0 Å². The maximum absolute atomic E-state index is 11.0. The van der Waals surface area contributed by atoms with Gasteiger partial charge in [-0.05, 0) is 94.5 Å². The monoisotopic (exact) mass is 604 g/mol. The highest BCUT2D eigenvalue weighted by Crippen LogP contribution is 2.41. The first-order valence-corrected chi connectivity index (χ1v) is 14.4. The lowest BCUT2D eigenvalue weighted by Gasteiger charge is -2.15. The predicted molar refractivity (Wildman–Crippen MR) is 177 cm³/mol. The standard InChI is InChI=1S/C39H28N2O5/c1-44-36-9-5-7-24(38(36)42)10-13-32-19-29(31(22-40)23-41)20-33(46-32)14-11-27-18-28(21-37(45-2)39(27)43)25-12-15-35-30(16-25)17-26-6-3-4-8-34(26)35/h3-16,18-21,42-43H,17H2,1-2H3. The summed E-state index contributed by atoms with van der Waals surface area (Å²) in [5.41, 5.74) is 8.13. The number of hydrogen-bond acceptors (Lipinski definition) is 7. The first kappa shape index (κ1) is 29.6. The third-order valence-corrected chi connectivity index (χ3v) is 7.90. The Morgan fingerprint density at radius 2 is 1.37 bits per heavy atom. The fraction of sp³-hybridized carbons (Fsp3) is 0.0769. The van der Waals surface area contributed by atoms with Crippen LogP contribution in [-0.2, 0) is 11.2 Å². The van der Waals surface area contributed by atoms with Gasteiger partial charge >= 0.3 is 0 Å². The molecule has 6 rings (SSSR count). The molecule has 1 aliphatic carbocycles. The van der Waals surface area contributed by atoms with Gasteiger partial charge in [0.15, 0.2) is 23.0 Å². The van der Waals surface area contributed by atoms with Crippen molar-refractivity contribution in [1.29, 1.82) is 10.5 Å². The minimum absolute atomic E-state index is 0.0314. The van der Waals surface area contributed by atoms with Crippen molar-refractivity contribution in [3.05, 3.63) is 142 Å². The number of phenolic OH excluding ortho intramolecular Hbond substituents is 2. The van der Waals surface area contributed by atoms with Gasteiger partial charge in [0.2, 0.25) is 0 Å². The van der Waals surface area contributed by atoms with E-state index in [1.54, 1.807) is 60.7 Å². The largest absolute Gasteiger partial charge is 0.504 e. The molecule has 0 saturated carbocycles. The van der Waals surface area contributed by atoms with Crippen LogP contribution in [0.1, 0.15) is 22.3 Å². The number of para-hydroxylation sites is 1. The molecule has 4 aromatic carbocycles. The Kier molecular flexibility index (Phi) is 8.15. The summed E-state index contributed by atoms with van der Waals surface area (Å²) in [7, 11) is 2.97. The second-order valence-corrected chi connectivity index (χ2v) is 10.6. The summed E-state index contributed by atoms with van der Waals surface area (Å²) in [5, 5.41) is 40.6. The van der Waals surface area contributed by atoms with E-state index in [1.807, 2.05) is 18.2 Å². The van der Waals surface area contributed by atoms with Gasteiger partial charge in [-0.25, -0.2) is 0 Å². The van der Waals surface area contributed by atoms with Crippen molar-refractivity contribution in [2.45, 2.75) is 6.42 Å². The summed E-state index contributed by atoms with van der Waals surface area (Å²) in [6.45, 7) is 0. The summed E-state index contributed by atoms with van der Waals surface area (Å²) in [5.74, 6) is 1.23. The molecule has 0 bridgehead atoms. The Labute approximate surface area is 266 Å². The maximum atomic E-state index is 11.0. The SMILES string of the molecule is COc1cccc(C=CC2=CC(=C(C#N)C#N)C=C(C=Cc3cc(-c4ccc5c(c4)Cc4ccccc4-5)cc(OC)c3O)O2)c1O. The average molecular weight is 605 g/mol. The molecule has 0 fully saturated rings. The van der Waals surface area contributed by atoms with Crippen LogP contribution in [0.4, 0.5) is 0 Å². The Hall–Kier alpha value is -6.44. The van der Waals surface area contributed by atoms with Crippen LogP contribution in [-0.4, -0.2) is 24.4 Å². The third-order valence-electron chi connectivity index (χ3n) is 7.90. The molecule has 46 heavy (non-hydrogen) atoms. The molecule has 0 aromatic heterocycles. The van der Waals surface area contributed by atoms with Crippen molar-refractivity contribution in [3.8, 4) is 57.4 Å². The average Bonchev–Trinajstić information content (AvgIpc) is 3.46. The van der Waals surface area contributed by atoms with Crippen molar-refractivity contribution in [2.24, 2.45) is 0 Å². The van der Waals surface area contributed by atoms with Gasteiger partial charge in [0.1, 0.15) is 29.2 Å². The van der Waals surface area contributed by atoms with Crippen LogP contribution in [0.15, 0.2) is 120 Å². The first-order chi connectivity index (χ1) is 22.4. The number of nitrogens with zero attached hydrogens (tertiary/aromatic N) is 2. The molecule has 7 heteroatoms. The fourth-order valence-electron chi connectivity index (χ4n) is 5.59. The zero-order valence-electron chi connectivity index (χ0n) is 25.1. The number of fused-ring (bicyclic) bond motifs is 3. The lowest BCUT2D eigenvalue weighted by Crippen LogP contribution is -1.98. The van der Waals surface area contributed by atoms with Crippen LogP contribution in [0.5, 0.6) is 23.0 Å². The normalized spacial score (nSPS) is 13.3. The lowest BCUT2D eigenvalue weighted by atomic mass is 9.97. The van der Waals surface area contributed by atoms with Crippen molar-refractivity contribution in [1.82, 2.24) is 0 Å². The molecule has 1 heterocycles. The van der Waals surface area contributed by atoms with Gasteiger partial charge in [0, 0.05) is 16.7 Å². The van der Waals surface area contributed by atoms with Crippen LogP contribution in [0.2, 0.25) is 0 Å². The lowest BCUT2D eigenvalue weighted by molar-refractivity contribution is 0.332. The molecule has 7 nitrogen and oxygen atoms in total. The molecule has 0 spiro atoms. The van der Waals surface area contributed by atoms with E-state index in [4.69, 9.17) is 14.2 Å². The molecule has 1 aliphatic heterocycles. The molecule has 0 radical (unpaired) electrons. The number of benzene rings is 4. The van der Waals surface area contributed by atoms with Gasteiger partial charge in [0.05, 0.1) is 14.2 Å². The number of ether oxygens (including phenoxy) is 3. The van der Waals surface area contributed by atoms with Crippen molar-refractivity contribution < 1.29 is 24.4 Å². The van der Waals surface area contributed by atoms with Gasteiger partial charge in [-0.2, -0.15) is 10.5 Å². The second-order valence-electron chi connectivity index (χ2n) is 10.6. The maximum Gasteiger partial charge on any atom is 0.165 e.